The van der Waals surface area contributed by atoms with Gasteiger partial charge >= 0.3 is 6.08 Å². The van der Waals surface area contributed by atoms with Crippen LogP contribution in [0.25, 0.3) is 11.2 Å². The fourth-order valence-corrected chi connectivity index (χ4v) is 1.98. The molecule has 0 N–H and O–H groups in total. The van der Waals surface area contributed by atoms with Crippen molar-refractivity contribution < 1.29 is 4.39 Å². The molecular weight excluding hydrogens is 255 g/mol. The first-order valence-corrected chi connectivity index (χ1v) is 5.69. The van der Waals surface area contributed by atoms with Gasteiger partial charge in [0.15, 0.2) is 10.8 Å². The number of fused-ring (bicyclic) bond motifs is 1. The quantitative estimate of drug-likeness (QED) is 0.527. The molecule has 18 heavy (non-hydrogen) atoms. The Kier molecular flexibility index (Phi) is 2.68. The normalized spacial score (nSPS) is 11.0. The van der Waals surface area contributed by atoms with Crippen LogP contribution in [-0.4, -0.2) is 19.5 Å². The summed E-state index contributed by atoms with van der Waals surface area (Å²) in [6.07, 6.45) is 0.736. The molecule has 0 bridgehead atoms. The van der Waals surface area contributed by atoms with E-state index < -0.39 is 6.08 Å². The van der Waals surface area contributed by atoms with Crippen LogP contribution >= 0.6 is 11.6 Å². The maximum atomic E-state index is 13.1. The SMILES string of the molecule is Fc1nc(Cl)c2ncn(Cc3ccccc3)c2n1. The van der Waals surface area contributed by atoms with Gasteiger partial charge in [0.05, 0.1) is 12.9 Å². The molecule has 0 aliphatic heterocycles. The molecule has 0 aliphatic carbocycles. The maximum absolute atomic E-state index is 13.1. The van der Waals surface area contributed by atoms with E-state index in [0.717, 1.165) is 5.56 Å². The Morgan fingerprint density at radius 3 is 2.72 bits per heavy atom. The Morgan fingerprint density at radius 1 is 1.17 bits per heavy atom. The Balaban J connectivity index is 2.08. The molecule has 2 aromatic heterocycles. The summed E-state index contributed by atoms with van der Waals surface area (Å²) in [6.45, 7) is 0.560. The minimum atomic E-state index is -0.845. The first-order valence-electron chi connectivity index (χ1n) is 5.32. The van der Waals surface area contributed by atoms with Gasteiger partial charge in [-0.05, 0) is 5.56 Å². The number of imidazole rings is 1. The summed E-state index contributed by atoms with van der Waals surface area (Å²) in [5.74, 6) is 0. The molecule has 0 unspecified atom stereocenters. The molecule has 3 aromatic rings. The summed E-state index contributed by atoms with van der Waals surface area (Å²) in [5, 5.41) is 0.0318. The Bertz CT molecular complexity index is 696. The van der Waals surface area contributed by atoms with Gasteiger partial charge in [-0.3, -0.25) is 0 Å². The average Bonchev–Trinajstić information content (AvgIpc) is 2.74. The van der Waals surface area contributed by atoms with E-state index in [-0.39, 0.29) is 5.15 Å². The molecule has 0 spiro atoms. The lowest BCUT2D eigenvalue weighted by atomic mass is 10.2. The van der Waals surface area contributed by atoms with E-state index in [4.69, 9.17) is 11.6 Å². The van der Waals surface area contributed by atoms with Gasteiger partial charge < -0.3 is 4.57 Å². The third-order valence-corrected chi connectivity index (χ3v) is 2.85. The summed E-state index contributed by atoms with van der Waals surface area (Å²) in [5.41, 5.74) is 1.89. The topological polar surface area (TPSA) is 43.6 Å². The van der Waals surface area contributed by atoms with E-state index in [9.17, 15) is 4.39 Å². The zero-order valence-electron chi connectivity index (χ0n) is 9.22. The smallest absolute Gasteiger partial charge is 0.311 e. The number of nitrogens with zero attached hydrogens (tertiary/aromatic N) is 4. The minimum absolute atomic E-state index is 0.0318. The van der Waals surface area contributed by atoms with Crippen LogP contribution < -0.4 is 0 Å². The van der Waals surface area contributed by atoms with Crippen LogP contribution in [-0.2, 0) is 6.54 Å². The number of halogens is 2. The van der Waals surface area contributed by atoms with Crippen molar-refractivity contribution in [3.63, 3.8) is 0 Å². The molecule has 3 rings (SSSR count). The van der Waals surface area contributed by atoms with Crippen molar-refractivity contribution in [2.75, 3.05) is 0 Å². The maximum Gasteiger partial charge on any atom is 0.312 e. The van der Waals surface area contributed by atoms with Gasteiger partial charge in [0, 0.05) is 0 Å². The predicted molar refractivity (Wildman–Crippen MR) is 65.8 cm³/mol. The highest BCUT2D eigenvalue weighted by Crippen LogP contribution is 2.19. The zero-order chi connectivity index (χ0) is 12.5. The molecule has 6 heteroatoms. The van der Waals surface area contributed by atoms with Crippen molar-refractivity contribution in [2.45, 2.75) is 6.54 Å². The highest BCUT2D eigenvalue weighted by molar-refractivity contribution is 6.33. The minimum Gasteiger partial charge on any atom is -0.311 e. The van der Waals surface area contributed by atoms with Crippen LogP contribution in [0.3, 0.4) is 0 Å². The van der Waals surface area contributed by atoms with Crippen LogP contribution in [0.4, 0.5) is 4.39 Å². The molecule has 0 saturated heterocycles. The van der Waals surface area contributed by atoms with Gasteiger partial charge in [-0.15, -0.1) is 0 Å². The third kappa shape index (κ3) is 1.93. The van der Waals surface area contributed by atoms with Gasteiger partial charge in [-0.1, -0.05) is 41.9 Å². The molecular formula is C12H8ClFN4. The van der Waals surface area contributed by atoms with Gasteiger partial charge in [-0.25, -0.2) is 4.98 Å². The van der Waals surface area contributed by atoms with E-state index in [1.807, 2.05) is 30.3 Å². The van der Waals surface area contributed by atoms with Crippen molar-refractivity contribution in [3.05, 3.63) is 53.5 Å². The van der Waals surface area contributed by atoms with Crippen molar-refractivity contribution >= 4 is 22.8 Å². The molecule has 0 saturated carbocycles. The molecule has 0 fully saturated rings. The van der Waals surface area contributed by atoms with Crippen molar-refractivity contribution in [2.24, 2.45) is 0 Å². The number of hydrogen-bond donors (Lipinski definition) is 0. The van der Waals surface area contributed by atoms with E-state index >= 15 is 0 Å². The van der Waals surface area contributed by atoms with Crippen molar-refractivity contribution in [3.8, 4) is 0 Å². The highest BCUT2D eigenvalue weighted by Gasteiger charge is 2.11. The van der Waals surface area contributed by atoms with Crippen LogP contribution in [0.5, 0.6) is 0 Å². The van der Waals surface area contributed by atoms with E-state index in [2.05, 4.69) is 15.0 Å². The lowest BCUT2D eigenvalue weighted by molar-refractivity contribution is 0.542. The van der Waals surface area contributed by atoms with Gasteiger partial charge in [0.1, 0.15) is 5.52 Å². The van der Waals surface area contributed by atoms with Gasteiger partial charge in [0.25, 0.3) is 0 Å². The Morgan fingerprint density at radius 2 is 1.94 bits per heavy atom. The molecule has 0 atom stereocenters. The number of benzene rings is 1. The zero-order valence-corrected chi connectivity index (χ0v) is 9.97. The number of hydrogen-bond acceptors (Lipinski definition) is 3. The number of aromatic nitrogens is 4. The second kappa shape index (κ2) is 4.34. The monoisotopic (exact) mass is 262 g/mol. The van der Waals surface area contributed by atoms with Crippen molar-refractivity contribution in [1.82, 2.24) is 19.5 Å². The molecule has 0 radical (unpaired) electrons. The second-order valence-electron chi connectivity index (χ2n) is 3.81. The van der Waals surface area contributed by atoms with E-state index in [1.54, 1.807) is 10.9 Å². The van der Waals surface area contributed by atoms with Crippen LogP contribution in [0.2, 0.25) is 5.15 Å². The first-order chi connectivity index (χ1) is 8.74. The molecule has 1 aromatic carbocycles. The highest BCUT2D eigenvalue weighted by atomic mass is 35.5. The molecule has 2 heterocycles. The van der Waals surface area contributed by atoms with E-state index in [0.29, 0.717) is 17.7 Å². The molecule has 0 aliphatic rings. The van der Waals surface area contributed by atoms with Crippen LogP contribution in [0, 0.1) is 6.08 Å². The summed E-state index contributed by atoms with van der Waals surface area (Å²) in [7, 11) is 0. The van der Waals surface area contributed by atoms with Crippen molar-refractivity contribution in [1.29, 1.82) is 0 Å². The Hall–Kier alpha value is -2.01. The Labute approximate surface area is 107 Å². The summed E-state index contributed by atoms with van der Waals surface area (Å²) in [4.78, 5) is 11.3. The fourth-order valence-electron chi connectivity index (χ4n) is 1.78. The van der Waals surface area contributed by atoms with Crippen LogP contribution in [0.1, 0.15) is 5.56 Å². The molecule has 90 valence electrons. The summed E-state index contributed by atoms with van der Waals surface area (Å²) in [6, 6.07) is 9.78. The van der Waals surface area contributed by atoms with Gasteiger partial charge in [0.2, 0.25) is 0 Å². The first kappa shape index (κ1) is 11.1. The average molecular weight is 263 g/mol. The molecule has 4 nitrogen and oxygen atoms in total. The summed E-state index contributed by atoms with van der Waals surface area (Å²) >= 11 is 5.81. The fraction of sp³-hybridized carbons (Fsp3) is 0.0833. The number of rotatable bonds is 2. The lowest BCUT2D eigenvalue weighted by Gasteiger charge is -2.03. The molecule has 0 amide bonds. The van der Waals surface area contributed by atoms with Gasteiger partial charge in [-0.2, -0.15) is 14.4 Å². The predicted octanol–water partition coefficient (Wildman–Crippen LogP) is 2.67. The largest absolute Gasteiger partial charge is 0.312 e. The van der Waals surface area contributed by atoms with Crippen LogP contribution in [0.15, 0.2) is 36.7 Å². The van der Waals surface area contributed by atoms with E-state index in [1.165, 1.54) is 0 Å². The second-order valence-corrected chi connectivity index (χ2v) is 4.17. The lowest BCUT2D eigenvalue weighted by Crippen LogP contribution is -2.01. The summed E-state index contributed by atoms with van der Waals surface area (Å²) < 4.78 is 14.9. The standard InChI is InChI=1S/C12H8ClFN4/c13-10-9-11(17-12(14)16-10)18(7-15-9)6-8-4-2-1-3-5-8/h1-5,7H,6H2. The third-order valence-electron chi connectivity index (χ3n) is 2.59.